The first kappa shape index (κ1) is 26.4. The average Bonchev–Trinajstić information content (AvgIpc) is 2.39. The van der Waals surface area contributed by atoms with Crippen LogP contribution in [-0.4, -0.2) is 64.0 Å². The summed E-state index contributed by atoms with van der Waals surface area (Å²) in [5.74, 6) is 0.166. The van der Waals surface area contributed by atoms with E-state index in [1.807, 2.05) is 0 Å². The first-order chi connectivity index (χ1) is 12.3. The van der Waals surface area contributed by atoms with Gasteiger partial charge in [-0.2, -0.15) is 0 Å². The normalized spacial score (nSPS) is 27.9. The van der Waals surface area contributed by atoms with Gasteiger partial charge in [-0.3, -0.25) is 4.79 Å². The molecule has 0 spiro atoms. The topological polar surface area (TPSA) is 54.0 Å². The van der Waals surface area contributed by atoms with Crippen molar-refractivity contribution in [2.24, 2.45) is 5.92 Å². The van der Waals surface area contributed by atoms with Crippen molar-refractivity contribution in [2.45, 2.75) is 103 Å². The maximum Gasteiger partial charge on any atom is 0.184 e. The molecule has 1 aliphatic carbocycles. The van der Waals surface area contributed by atoms with Gasteiger partial charge in [0.05, 0.1) is 6.10 Å². The molecule has 166 valence electrons. The molecule has 4 unspecified atom stereocenters. The highest BCUT2D eigenvalue weighted by atomic mass is 28.4. The molecule has 5 nitrogen and oxygen atoms in total. The van der Waals surface area contributed by atoms with Crippen LogP contribution in [0.5, 0.6) is 0 Å². The van der Waals surface area contributed by atoms with Gasteiger partial charge in [0.25, 0.3) is 0 Å². The second-order valence-electron chi connectivity index (χ2n) is 11.9. The lowest BCUT2D eigenvalue weighted by molar-refractivity contribution is -0.149. The molecule has 0 aromatic rings. The van der Waals surface area contributed by atoms with Crippen molar-refractivity contribution in [3.05, 3.63) is 0 Å². The fourth-order valence-corrected chi connectivity index (χ4v) is 7.21. The first-order valence-corrected chi connectivity index (χ1v) is 24.1. The van der Waals surface area contributed by atoms with E-state index in [0.717, 1.165) is 0 Å². The minimum Gasteiger partial charge on any atom is -0.417 e. The maximum absolute atomic E-state index is 13.2. The molecule has 0 aliphatic heterocycles. The zero-order chi connectivity index (χ0) is 22.1. The highest BCUT2D eigenvalue weighted by Crippen LogP contribution is 2.35. The van der Waals surface area contributed by atoms with Crippen molar-refractivity contribution in [2.75, 3.05) is 6.61 Å². The van der Waals surface area contributed by atoms with Crippen molar-refractivity contribution in [1.29, 1.82) is 0 Å². The third kappa shape index (κ3) is 9.92. The number of rotatable bonds is 9. The lowest BCUT2D eigenvalue weighted by Gasteiger charge is -2.47. The van der Waals surface area contributed by atoms with Gasteiger partial charge in [0.2, 0.25) is 0 Å². The van der Waals surface area contributed by atoms with E-state index in [9.17, 15) is 4.79 Å². The smallest absolute Gasteiger partial charge is 0.184 e. The van der Waals surface area contributed by atoms with Crippen molar-refractivity contribution in [3.8, 4) is 0 Å². The predicted molar refractivity (Wildman–Crippen MR) is 127 cm³/mol. The fraction of sp³-hybridized carbons (Fsp3) is 0.947. The predicted octanol–water partition coefficient (Wildman–Crippen LogP) is 5.09. The van der Waals surface area contributed by atoms with Gasteiger partial charge in [0, 0.05) is 18.9 Å². The molecule has 0 N–H and O–H groups in total. The molecule has 9 heteroatoms. The van der Waals surface area contributed by atoms with Gasteiger partial charge < -0.3 is 17.7 Å². The monoisotopic (exact) mass is 464 g/mol. The molecule has 0 bridgehead atoms. The molecule has 0 radical (unpaired) electrons. The summed E-state index contributed by atoms with van der Waals surface area (Å²) in [6.07, 6.45) is -0.585. The van der Waals surface area contributed by atoms with Gasteiger partial charge >= 0.3 is 0 Å². The van der Waals surface area contributed by atoms with E-state index in [4.69, 9.17) is 17.7 Å². The van der Waals surface area contributed by atoms with Crippen LogP contribution in [0.3, 0.4) is 0 Å². The molecular weight excluding hydrogens is 421 g/mol. The van der Waals surface area contributed by atoms with Gasteiger partial charge in [0.15, 0.2) is 39.1 Å². The first-order valence-electron chi connectivity index (χ1n) is 10.5. The molecule has 1 fully saturated rings. The Labute approximate surface area is 177 Å². The highest BCUT2D eigenvalue weighted by molar-refractivity contribution is 6.71. The number of hydrogen-bond donors (Lipinski definition) is 0. The molecule has 1 aliphatic rings. The Morgan fingerprint density at radius 3 is 1.50 bits per heavy atom. The van der Waals surface area contributed by atoms with Crippen LogP contribution >= 0.6 is 0 Å². The van der Waals surface area contributed by atoms with E-state index in [-0.39, 0.29) is 23.9 Å². The van der Waals surface area contributed by atoms with E-state index in [2.05, 4.69) is 78.6 Å². The molecule has 28 heavy (non-hydrogen) atoms. The minimum absolute atomic E-state index is 0.0220. The summed E-state index contributed by atoms with van der Waals surface area (Å²) < 4.78 is 25.9. The number of ketones is 1. The fourth-order valence-electron chi connectivity index (χ4n) is 3.25. The maximum atomic E-state index is 13.2. The van der Waals surface area contributed by atoms with E-state index >= 15 is 0 Å². The van der Waals surface area contributed by atoms with Crippen LogP contribution in [0.2, 0.25) is 78.6 Å². The summed E-state index contributed by atoms with van der Waals surface area (Å²) in [5, 5.41) is 0. The van der Waals surface area contributed by atoms with E-state index in [0.29, 0.717) is 13.0 Å². The molecule has 1 rings (SSSR count). The summed E-state index contributed by atoms with van der Waals surface area (Å²) in [7, 11) is -7.37. The summed E-state index contributed by atoms with van der Waals surface area (Å²) in [6, 6.07) is 0. The second-order valence-corrected chi connectivity index (χ2v) is 29.8. The summed E-state index contributed by atoms with van der Waals surface area (Å²) in [5.41, 5.74) is 0. The SMILES string of the molecule is C[Si](C)(C)OCC1CC(=O)C(O[Si](C)(C)C)C(O[Si](C)(C)C)C1O[Si](C)(C)C. The molecule has 1 saturated carbocycles. The number of carbonyl (C=O) groups excluding carboxylic acids is 1. The molecule has 4 atom stereocenters. The third-order valence-electron chi connectivity index (χ3n) is 4.06. The summed E-state index contributed by atoms with van der Waals surface area (Å²) in [4.78, 5) is 13.2. The average molecular weight is 465 g/mol. The van der Waals surface area contributed by atoms with E-state index < -0.39 is 39.4 Å². The number of hydrogen-bond acceptors (Lipinski definition) is 5. The molecule has 0 aromatic carbocycles. The van der Waals surface area contributed by atoms with Gasteiger partial charge in [-0.05, 0) is 78.6 Å². The van der Waals surface area contributed by atoms with Crippen molar-refractivity contribution in [3.63, 3.8) is 0 Å². The molecular formula is C19H44O5Si4. The van der Waals surface area contributed by atoms with E-state index in [1.165, 1.54) is 0 Å². The number of carbonyl (C=O) groups is 1. The minimum atomic E-state index is -1.92. The Kier molecular flexibility index (Phi) is 8.73. The Morgan fingerprint density at radius 2 is 1.11 bits per heavy atom. The lowest BCUT2D eigenvalue weighted by Crippen LogP contribution is -2.62. The Morgan fingerprint density at radius 1 is 0.679 bits per heavy atom. The van der Waals surface area contributed by atoms with Crippen LogP contribution in [0, 0.1) is 5.92 Å². The van der Waals surface area contributed by atoms with Gasteiger partial charge in [-0.1, -0.05) is 0 Å². The Bertz CT molecular complexity index is 528. The van der Waals surface area contributed by atoms with Crippen LogP contribution < -0.4 is 0 Å². The van der Waals surface area contributed by atoms with Crippen molar-refractivity contribution >= 4 is 39.1 Å². The molecule has 0 heterocycles. The largest absolute Gasteiger partial charge is 0.417 e. The zero-order valence-electron chi connectivity index (χ0n) is 20.3. The van der Waals surface area contributed by atoms with Crippen LogP contribution in [0.1, 0.15) is 6.42 Å². The van der Waals surface area contributed by atoms with Crippen LogP contribution in [0.4, 0.5) is 0 Å². The zero-order valence-corrected chi connectivity index (χ0v) is 24.3. The van der Waals surface area contributed by atoms with Crippen LogP contribution in [0.25, 0.3) is 0 Å². The molecule has 0 amide bonds. The van der Waals surface area contributed by atoms with Gasteiger partial charge in [0.1, 0.15) is 12.2 Å². The Hall–Kier alpha value is 0.378. The highest BCUT2D eigenvalue weighted by Gasteiger charge is 2.50. The Balaban J connectivity index is 3.28. The third-order valence-corrected chi connectivity index (χ3v) is 8.01. The van der Waals surface area contributed by atoms with Gasteiger partial charge in [-0.25, -0.2) is 0 Å². The van der Waals surface area contributed by atoms with Crippen molar-refractivity contribution in [1.82, 2.24) is 0 Å². The molecule has 0 aromatic heterocycles. The van der Waals surface area contributed by atoms with Crippen molar-refractivity contribution < 1.29 is 22.5 Å². The number of Topliss-reactive ketones (excluding diaryl/α,β-unsaturated/α-hetero) is 1. The summed E-state index contributed by atoms with van der Waals surface area (Å²) in [6.45, 7) is 26.5. The standard InChI is InChI=1S/C19H44O5Si4/c1-25(2,3)21-14-15-13-16(20)18(23-27(7,8)9)19(24-28(10,11)12)17(15)22-26(4,5)6/h15,17-19H,13-14H2,1-12H3. The second kappa shape index (κ2) is 9.25. The van der Waals surface area contributed by atoms with Gasteiger partial charge in [-0.15, -0.1) is 0 Å². The van der Waals surface area contributed by atoms with E-state index in [1.54, 1.807) is 0 Å². The lowest BCUT2D eigenvalue weighted by atomic mass is 9.82. The quantitative estimate of drug-likeness (QED) is 0.445. The van der Waals surface area contributed by atoms with Crippen LogP contribution in [-0.2, 0) is 22.5 Å². The molecule has 0 saturated heterocycles. The van der Waals surface area contributed by atoms with Crippen LogP contribution in [0.15, 0.2) is 0 Å². The summed E-state index contributed by atoms with van der Waals surface area (Å²) >= 11 is 0.